The predicted molar refractivity (Wildman–Crippen MR) is 260 cm³/mol. The van der Waals surface area contributed by atoms with Gasteiger partial charge in [-0.2, -0.15) is 0 Å². The van der Waals surface area contributed by atoms with Gasteiger partial charge in [0.2, 0.25) is 6.29 Å². The van der Waals surface area contributed by atoms with Crippen LogP contribution in [0.3, 0.4) is 0 Å². The van der Waals surface area contributed by atoms with E-state index in [1.807, 2.05) is 25.2 Å². The molecule has 3 nitrogen and oxygen atoms in total. The summed E-state index contributed by atoms with van der Waals surface area (Å²) in [5.74, 6) is 0.576. The van der Waals surface area contributed by atoms with Gasteiger partial charge in [0.25, 0.3) is 0 Å². The Morgan fingerprint density at radius 2 is 1.52 bits per heavy atom. The molecule has 0 fully saturated rings. The maximum absolute atomic E-state index is 5.54. The number of hydrogen-bond acceptors (Lipinski definition) is 2. The van der Waals surface area contributed by atoms with Gasteiger partial charge in [-0.1, -0.05) is 178 Å². The molecule has 60 heavy (non-hydrogen) atoms. The highest BCUT2D eigenvalue weighted by Gasteiger charge is 2.30. The summed E-state index contributed by atoms with van der Waals surface area (Å²) >= 11 is 0. The lowest BCUT2D eigenvalue weighted by Crippen LogP contribution is -2.31. The number of rotatable bonds is 11. The minimum atomic E-state index is -0.455. The van der Waals surface area contributed by atoms with Gasteiger partial charge in [0, 0.05) is 28.0 Å². The second-order valence-electron chi connectivity index (χ2n) is 15.8. The molecular formula is C57H53N3. The maximum Gasteiger partial charge on any atom is 0.201 e. The monoisotopic (exact) mass is 779 g/mol. The van der Waals surface area contributed by atoms with Crippen molar-refractivity contribution in [3.63, 3.8) is 0 Å². The van der Waals surface area contributed by atoms with Crippen LogP contribution in [0, 0.1) is 12.8 Å². The fourth-order valence-corrected chi connectivity index (χ4v) is 9.16. The lowest BCUT2D eigenvalue weighted by Gasteiger charge is -2.32. The summed E-state index contributed by atoms with van der Waals surface area (Å²) in [5, 5.41) is 8.63. The third kappa shape index (κ3) is 7.33. The molecule has 296 valence electrons. The van der Waals surface area contributed by atoms with Crippen molar-refractivity contribution >= 4 is 49.4 Å². The predicted octanol–water partition coefficient (Wildman–Crippen LogP) is 14.9. The number of nitrogens with one attached hydrogen (secondary N) is 1. The molecule has 8 rings (SSSR count). The molecule has 1 aliphatic heterocycles. The summed E-state index contributed by atoms with van der Waals surface area (Å²) in [6, 6.07) is 39.5. The Bertz CT molecular complexity index is 2960. The smallest absolute Gasteiger partial charge is 0.201 e. The highest BCUT2D eigenvalue weighted by molar-refractivity contribution is 6.17. The van der Waals surface area contributed by atoms with Crippen molar-refractivity contribution in [3.05, 3.63) is 240 Å². The zero-order valence-electron chi connectivity index (χ0n) is 35.4. The van der Waals surface area contributed by atoms with E-state index in [9.17, 15) is 0 Å². The van der Waals surface area contributed by atoms with Crippen molar-refractivity contribution in [2.24, 2.45) is 10.9 Å². The number of aliphatic imine (C=N–C) groups is 1. The minimum absolute atomic E-state index is 0.281. The molecular weight excluding hydrogens is 727 g/mol. The molecule has 0 amide bonds. The Balaban J connectivity index is 1.28. The van der Waals surface area contributed by atoms with Crippen LogP contribution in [-0.4, -0.2) is 10.3 Å². The second-order valence-corrected chi connectivity index (χ2v) is 15.8. The highest BCUT2D eigenvalue weighted by atomic mass is 15.3. The molecule has 1 unspecified atom stereocenters. The molecule has 0 spiro atoms. The molecule has 0 saturated carbocycles. The largest absolute Gasteiger partial charge is 0.346 e. The average Bonchev–Trinajstić information content (AvgIpc) is 3.60. The summed E-state index contributed by atoms with van der Waals surface area (Å²) in [6.07, 6.45) is 20.4. The van der Waals surface area contributed by atoms with E-state index in [2.05, 4.69) is 209 Å². The van der Waals surface area contributed by atoms with E-state index in [0.29, 0.717) is 5.92 Å². The van der Waals surface area contributed by atoms with E-state index in [-0.39, 0.29) is 5.92 Å². The van der Waals surface area contributed by atoms with Gasteiger partial charge >= 0.3 is 0 Å². The first-order chi connectivity index (χ1) is 29.3. The van der Waals surface area contributed by atoms with Crippen LogP contribution in [0.15, 0.2) is 223 Å². The number of aryl methyl sites for hydroxylation is 1. The average molecular weight is 780 g/mol. The number of para-hydroxylation sites is 1. The Morgan fingerprint density at radius 3 is 2.28 bits per heavy atom. The van der Waals surface area contributed by atoms with Gasteiger partial charge < -0.3 is 9.88 Å². The molecule has 3 atom stereocenters. The van der Waals surface area contributed by atoms with Gasteiger partial charge in [-0.3, -0.25) is 0 Å². The number of allylic oxidation sites excluding steroid dienone is 16. The molecule has 1 aliphatic carbocycles. The SMILES string of the molecule is C=C/C=C\C1=C(C)C(c2ccccc2C)[C@H](C)C=C1c1ccc2c3ccccc3n([C@@H]3N=C(/C(C=C)=C/C=C(\C)c4ccc5ccccc5c4)C(C=C)=C(/C=C\C)N3)c2c1. The third-order valence-electron chi connectivity index (χ3n) is 12.2. The first kappa shape index (κ1) is 39.8. The molecule has 0 radical (unpaired) electrons. The van der Waals surface area contributed by atoms with Crippen molar-refractivity contribution in [1.82, 2.24) is 9.88 Å². The van der Waals surface area contributed by atoms with Crippen molar-refractivity contribution in [2.75, 3.05) is 0 Å². The number of hydrogen-bond donors (Lipinski definition) is 1. The first-order valence-corrected chi connectivity index (χ1v) is 20.9. The Morgan fingerprint density at radius 1 is 0.767 bits per heavy atom. The van der Waals surface area contributed by atoms with Crippen LogP contribution in [0.4, 0.5) is 0 Å². The number of fused-ring (bicyclic) bond motifs is 4. The van der Waals surface area contributed by atoms with Gasteiger partial charge in [-0.15, -0.1) is 0 Å². The molecule has 3 heteroatoms. The van der Waals surface area contributed by atoms with E-state index < -0.39 is 6.29 Å². The van der Waals surface area contributed by atoms with Crippen molar-refractivity contribution in [2.45, 2.75) is 46.8 Å². The summed E-state index contributed by atoms with van der Waals surface area (Å²) in [7, 11) is 0. The lowest BCUT2D eigenvalue weighted by molar-refractivity contribution is 0.485. The van der Waals surface area contributed by atoms with Crippen LogP contribution >= 0.6 is 0 Å². The van der Waals surface area contributed by atoms with Crippen LogP contribution < -0.4 is 5.32 Å². The van der Waals surface area contributed by atoms with Crippen LogP contribution in [0.5, 0.6) is 0 Å². The Labute approximate surface area is 355 Å². The summed E-state index contributed by atoms with van der Waals surface area (Å²) < 4.78 is 2.35. The zero-order valence-corrected chi connectivity index (χ0v) is 35.4. The van der Waals surface area contributed by atoms with Crippen LogP contribution in [0.25, 0.3) is 43.7 Å². The number of benzene rings is 5. The molecule has 1 N–H and O–H groups in total. The quantitative estimate of drug-likeness (QED) is 0.130. The molecule has 1 aromatic heterocycles. The topological polar surface area (TPSA) is 29.3 Å². The van der Waals surface area contributed by atoms with E-state index in [1.54, 1.807) is 0 Å². The standard InChI is InChI=1S/C57H53N3/c1-9-13-24-48-40(8)55(47-25-17-14-21-38(47)6)39(7)34-51(48)45-32-33-50-49-26-18-19-27-53(49)60(54(50)36-45)57-58-52(20-10-2)46(12-4)56(59-57)41(11-3)29-28-37(5)43-31-30-42-22-15-16-23-44(42)35-43/h9-36,39,55,57-58H,1,3-4H2,2,5-8H3/b20-10-,24-13-,37-28+,41-29+/t39-,55?,57+/m1/s1. The Kier molecular flexibility index (Phi) is 11.3. The van der Waals surface area contributed by atoms with Gasteiger partial charge in [-0.05, 0) is 113 Å². The molecule has 5 aromatic carbocycles. The summed E-state index contributed by atoms with van der Waals surface area (Å²) in [6.45, 7) is 23.6. The van der Waals surface area contributed by atoms with Gasteiger partial charge in [-0.25, -0.2) is 4.99 Å². The van der Waals surface area contributed by atoms with E-state index in [0.717, 1.165) is 39.2 Å². The normalized spacial score (nSPS) is 19.1. The van der Waals surface area contributed by atoms with E-state index in [4.69, 9.17) is 4.99 Å². The molecule has 0 bridgehead atoms. The van der Waals surface area contributed by atoms with Gasteiger partial charge in [0.1, 0.15) is 0 Å². The number of aromatic nitrogens is 1. The van der Waals surface area contributed by atoms with Crippen LogP contribution in [0.2, 0.25) is 0 Å². The fourth-order valence-electron chi connectivity index (χ4n) is 9.16. The Hall–Kier alpha value is -6.97. The molecule has 2 aliphatic rings. The molecule has 6 aromatic rings. The van der Waals surface area contributed by atoms with Gasteiger partial charge in [0.15, 0.2) is 0 Å². The van der Waals surface area contributed by atoms with Crippen molar-refractivity contribution < 1.29 is 0 Å². The highest BCUT2D eigenvalue weighted by Crippen LogP contribution is 2.46. The fraction of sp³-hybridized carbons (Fsp3) is 0.140. The van der Waals surface area contributed by atoms with E-state index in [1.165, 1.54) is 60.5 Å². The summed E-state index contributed by atoms with van der Waals surface area (Å²) in [4.78, 5) is 5.54. The lowest BCUT2D eigenvalue weighted by atomic mass is 9.72. The summed E-state index contributed by atoms with van der Waals surface area (Å²) in [5.41, 5.74) is 15.9. The second kappa shape index (κ2) is 17.1. The molecule has 0 saturated heterocycles. The minimum Gasteiger partial charge on any atom is -0.346 e. The first-order valence-electron chi connectivity index (χ1n) is 20.9. The van der Waals surface area contributed by atoms with Crippen LogP contribution in [-0.2, 0) is 0 Å². The van der Waals surface area contributed by atoms with E-state index >= 15 is 0 Å². The van der Waals surface area contributed by atoms with Gasteiger partial charge in [0.05, 0.1) is 16.7 Å². The zero-order chi connectivity index (χ0) is 41.9. The molecule has 2 heterocycles. The van der Waals surface area contributed by atoms with Crippen molar-refractivity contribution in [1.29, 1.82) is 0 Å². The third-order valence-corrected chi connectivity index (χ3v) is 12.2. The number of nitrogens with zero attached hydrogens (tertiary/aromatic N) is 2. The van der Waals surface area contributed by atoms with Crippen molar-refractivity contribution in [3.8, 4) is 0 Å². The maximum atomic E-state index is 5.54. The van der Waals surface area contributed by atoms with Crippen LogP contribution in [0.1, 0.15) is 62.2 Å².